The van der Waals surface area contributed by atoms with Gasteiger partial charge in [-0.15, -0.1) is 11.3 Å². The number of nitrogens with two attached hydrogens (primary N) is 1. The molecule has 0 aromatic carbocycles. The van der Waals surface area contributed by atoms with E-state index in [4.69, 9.17) is 5.73 Å². The monoisotopic (exact) mass is 295 g/mol. The van der Waals surface area contributed by atoms with Crippen LogP contribution >= 0.6 is 11.3 Å². The summed E-state index contributed by atoms with van der Waals surface area (Å²) in [6.07, 6.45) is 0.199. The molecule has 0 aliphatic heterocycles. The first-order valence-corrected chi connectivity index (χ1v) is 7.33. The molecule has 110 valence electrons. The van der Waals surface area contributed by atoms with E-state index in [0.717, 1.165) is 10.5 Å². The summed E-state index contributed by atoms with van der Waals surface area (Å²) < 4.78 is 0. The summed E-state index contributed by atoms with van der Waals surface area (Å²) in [6.45, 7) is 8.76. The van der Waals surface area contributed by atoms with Crippen molar-refractivity contribution in [1.29, 1.82) is 0 Å². The Morgan fingerprint density at radius 1 is 1.55 bits per heavy atom. The molecule has 6 heteroatoms. The summed E-state index contributed by atoms with van der Waals surface area (Å²) in [7, 11) is 0. The summed E-state index contributed by atoms with van der Waals surface area (Å²) >= 11 is 1.49. The molecule has 1 aromatic rings. The molecule has 0 saturated carbocycles. The summed E-state index contributed by atoms with van der Waals surface area (Å²) in [5.41, 5.74) is 6.11. The fraction of sp³-hybridized carbons (Fsp3) is 0.429. The van der Waals surface area contributed by atoms with E-state index in [-0.39, 0.29) is 18.4 Å². The molecule has 5 nitrogen and oxygen atoms in total. The summed E-state index contributed by atoms with van der Waals surface area (Å²) in [5, 5.41) is 4.53. The number of nitrogens with one attached hydrogen (secondary N) is 1. The number of primary amides is 1. The van der Waals surface area contributed by atoms with Gasteiger partial charge in [-0.2, -0.15) is 0 Å². The average molecular weight is 295 g/mol. The number of thiophene rings is 1. The van der Waals surface area contributed by atoms with Crippen molar-refractivity contribution in [3.05, 3.63) is 34.5 Å². The number of hydrogen-bond donors (Lipinski definition) is 2. The van der Waals surface area contributed by atoms with Crippen LogP contribution in [0.25, 0.3) is 0 Å². The molecule has 0 spiro atoms. The van der Waals surface area contributed by atoms with Gasteiger partial charge >= 0.3 is 6.03 Å². The second kappa shape index (κ2) is 7.69. The molecule has 0 radical (unpaired) electrons. The van der Waals surface area contributed by atoms with Gasteiger partial charge in [-0.25, -0.2) is 4.79 Å². The van der Waals surface area contributed by atoms with Crippen molar-refractivity contribution in [2.75, 3.05) is 13.1 Å². The van der Waals surface area contributed by atoms with Gasteiger partial charge in [-0.1, -0.05) is 18.2 Å². The van der Waals surface area contributed by atoms with Crippen LogP contribution in [0.2, 0.25) is 0 Å². The molecule has 1 rings (SSSR count). The van der Waals surface area contributed by atoms with E-state index in [0.29, 0.717) is 13.1 Å². The van der Waals surface area contributed by atoms with Gasteiger partial charge in [-0.05, 0) is 25.3 Å². The highest BCUT2D eigenvalue weighted by atomic mass is 32.1. The van der Waals surface area contributed by atoms with Crippen LogP contribution in [0, 0.1) is 0 Å². The van der Waals surface area contributed by atoms with Crippen LogP contribution in [0.15, 0.2) is 29.7 Å². The maximum absolute atomic E-state index is 12.3. The minimum absolute atomic E-state index is 0.0253. The Bertz CT molecular complexity index is 471. The van der Waals surface area contributed by atoms with Gasteiger partial charge in [0, 0.05) is 18.0 Å². The standard InChI is InChI=1S/C14H21N3O2S/c1-4-17(9-10(2)3)13(18)8-11(16-14(15)19)12-6-5-7-20-12/h5-7,11H,2,4,8-9H2,1,3H3,(H3,15,16,19). The zero-order valence-corrected chi connectivity index (χ0v) is 12.7. The molecule has 1 aromatic heterocycles. The van der Waals surface area contributed by atoms with Crippen LogP contribution in [0.3, 0.4) is 0 Å². The number of likely N-dealkylation sites (N-methyl/N-ethyl adjacent to an activating group) is 1. The number of urea groups is 1. The Labute approximate surface area is 123 Å². The van der Waals surface area contributed by atoms with Crippen molar-refractivity contribution in [2.45, 2.75) is 26.3 Å². The van der Waals surface area contributed by atoms with Crippen molar-refractivity contribution in [1.82, 2.24) is 10.2 Å². The van der Waals surface area contributed by atoms with Gasteiger partial charge in [0.05, 0.1) is 12.5 Å². The smallest absolute Gasteiger partial charge is 0.312 e. The zero-order chi connectivity index (χ0) is 15.1. The summed E-state index contributed by atoms with van der Waals surface area (Å²) in [4.78, 5) is 26.0. The Hall–Kier alpha value is -1.82. The van der Waals surface area contributed by atoms with Crippen molar-refractivity contribution in [2.24, 2.45) is 5.73 Å². The predicted octanol–water partition coefficient (Wildman–Crippen LogP) is 2.27. The largest absolute Gasteiger partial charge is 0.352 e. The number of carbonyl (C=O) groups is 2. The lowest BCUT2D eigenvalue weighted by molar-refractivity contribution is -0.131. The highest BCUT2D eigenvalue weighted by Gasteiger charge is 2.21. The number of rotatable bonds is 7. The minimum atomic E-state index is -0.626. The third-order valence-corrected chi connectivity index (χ3v) is 3.76. The zero-order valence-electron chi connectivity index (χ0n) is 11.9. The fourth-order valence-electron chi connectivity index (χ4n) is 1.89. The molecular weight excluding hydrogens is 274 g/mol. The highest BCUT2D eigenvalue weighted by molar-refractivity contribution is 7.10. The maximum atomic E-state index is 12.3. The first-order valence-electron chi connectivity index (χ1n) is 6.45. The molecule has 0 bridgehead atoms. The Morgan fingerprint density at radius 2 is 2.25 bits per heavy atom. The van der Waals surface area contributed by atoms with Crippen LogP contribution in [-0.4, -0.2) is 29.9 Å². The number of carbonyl (C=O) groups excluding carboxylic acids is 2. The van der Waals surface area contributed by atoms with Gasteiger partial charge in [0.1, 0.15) is 0 Å². The van der Waals surface area contributed by atoms with Gasteiger partial charge in [0.15, 0.2) is 0 Å². The average Bonchev–Trinajstić information content (AvgIpc) is 2.87. The first kappa shape index (κ1) is 16.2. The van der Waals surface area contributed by atoms with E-state index >= 15 is 0 Å². The van der Waals surface area contributed by atoms with Crippen LogP contribution in [0.5, 0.6) is 0 Å². The van der Waals surface area contributed by atoms with E-state index in [2.05, 4.69) is 11.9 Å². The lowest BCUT2D eigenvalue weighted by Crippen LogP contribution is -2.38. The predicted molar refractivity (Wildman–Crippen MR) is 81.5 cm³/mol. The molecule has 1 unspecified atom stereocenters. The van der Waals surface area contributed by atoms with Crippen molar-refractivity contribution in [3.63, 3.8) is 0 Å². The van der Waals surface area contributed by atoms with Gasteiger partial charge in [0.2, 0.25) is 5.91 Å². The number of hydrogen-bond acceptors (Lipinski definition) is 3. The molecule has 1 heterocycles. The molecule has 3 N–H and O–H groups in total. The van der Waals surface area contributed by atoms with Gasteiger partial charge < -0.3 is 16.0 Å². The highest BCUT2D eigenvalue weighted by Crippen LogP contribution is 2.22. The Kier molecular flexibility index (Phi) is 6.24. The van der Waals surface area contributed by atoms with Gasteiger partial charge in [-0.3, -0.25) is 4.79 Å². The SMILES string of the molecule is C=C(C)CN(CC)C(=O)CC(NC(N)=O)c1cccs1. The lowest BCUT2D eigenvalue weighted by Gasteiger charge is -2.24. The second-order valence-corrected chi connectivity index (χ2v) is 5.63. The van der Waals surface area contributed by atoms with E-state index in [1.165, 1.54) is 11.3 Å². The molecular formula is C14H21N3O2S. The van der Waals surface area contributed by atoms with Crippen LogP contribution in [0.1, 0.15) is 31.2 Å². The molecule has 0 aliphatic carbocycles. The molecule has 0 saturated heterocycles. The Balaban J connectivity index is 2.76. The van der Waals surface area contributed by atoms with Crippen molar-refractivity contribution < 1.29 is 9.59 Å². The Morgan fingerprint density at radius 3 is 2.70 bits per heavy atom. The number of nitrogens with zero attached hydrogens (tertiary/aromatic N) is 1. The van der Waals surface area contributed by atoms with Crippen LogP contribution in [-0.2, 0) is 4.79 Å². The molecule has 1 atom stereocenters. The quantitative estimate of drug-likeness (QED) is 0.757. The van der Waals surface area contributed by atoms with Crippen molar-refractivity contribution >= 4 is 23.3 Å². The second-order valence-electron chi connectivity index (χ2n) is 4.65. The maximum Gasteiger partial charge on any atom is 0.312 e. The molecule has 3 amide bonds. The van der Waals surface area contributed by atoms with Crippen LogP contribution in [0.4, 0.5) is 4.79 Å². The molecule has 20 heavy (non-hydrogen) atoms. The van der Waals surface area contributed by atoms with Gasteiger partial charge in [0.25, 0.3) is 0 Å². The van der Waals surface area contributed by atoms with E-state index in [9.17, 15) is 9.59 Å². The fourth-order valence-corrected chi connectivity index (χ4v) is 2.67. The molecule has 0 aliphatic rings. The summed E-state index contributed by atoms with van der Waals surface area (Å²) in [5.74, 6) is -0.0253. The topological polar surface area (TPSA) is 75.4 Å². The van der Waals surface area contributed by atoms with E-state index in [1.807, 2.05) is 31.4 Å². The minimum Gasteiger partial charge on any atom is -0.352 e. The van der Waals surface area contributed by atoms with Crippen molar-refractivity contribution in [3.8, 4) is 0 Å². The third kappa shape index (κ3) is 5.05. The lowest BCUT2D eigenvalue weighted by atomic mass is 10.1. The van der Waals surface area contributed by atoms with E-state index in [1.54, 1.807) is 4.90 Å². The summed E-state index contributed by atoms with van der Waals surface area (Å²) in [6, 6.07) is 2.76. The first-order chi connectivity index (χ1) is 9.43. The third-order valence-electron chi connectivity index (χ3n) is 2.78. The van der Waals surface area contributed by atoms with Crippen LogP contribution < -0.4 is 11.1 Å². The molecule has 0 fully saturated rings. The normalized spacial score (nSPS) is 11.7. The van der Waals surface area contributed by atoms with E-state index < -0.39 is 6.03 Å². The number of amides is 3.